The van der Waals surface area contributed by atoms with Crippen LogP contribution in [0.25, 0.3) is 10.4 Å². The molecule has 0 aliphatic carbocycles. The number of unbranched alkanes of at least 4 members (excludes halogenated alkanes) is 1. The van der Waals surface area contributed by atoms with Gasteiger partial charge >= 0.3 is 0 Å². The van der Waals surface area contributed by atoms with Crippen LogP contribution in [0.15, 0.2) is 16.9 Å². The molecule has 0 unspecified atom stereocenters. The lowest BCUT2D eigenvalue weighted by Crippen LogP contribution is -1.76. The van der Waals surface area contributed by atoms with Crippen molar-refractivity contribution >= 4 is 6.29 Å². The number of azide groups is 1. The van der Waals surface area contributed by atoms with Crippen LogP contribution >= 0.6 is 0 Å². The maximum atomic E-state index is 10.1. The van der Waals surface area contributed by atoms with Crippen molar-refractivity contribution in [3.63, 3.8) is 0 Å². The van der Waals surface area contributed by atoms with E-state index >= 15 is 0 Å². The fraction of sp³-hybridized carbons (Fsp3) is 0.500. The molecule has 0 fully saturated rings. The fourth-order valence-electron chi connectivity index (χ4n) is 0.456. The van der Waals surface area contributed by atoms with Crippen molar-refractivity contribution in [1.29, 1.82) is 0 Å². The van der Waals surface area contributed by atoms with Gasteiger partial charge in [0, 0.05) is 4.91 Å². The summed E-state index contributed by atoms with van der Waals surface area (Å²) in [5, 5.41) is 3.15. The molecule has 0 aromatic heterocycles. The SMILES string of the molecule is CCC/C=C(/C=O)N=[N+]=[N-]. The van der Waals surface area contributed by atoms with E-state index in [1.807, 2.05) is 6.92 Å². The van der Waals surface area contributed by atoms with Crippen LogP contribution in [0.3, 0.4) is 0 Å². The van der Waals surface area contributed by atoms with E-state index in [2.05, 4.69) is 10.0 Å². The Morgan fingerprint density at radius 2 is 2.50 bits per heavy atom. The monoisotopic (exact) mass is 139 g/mol. The molecule has 10 heavy (non-hydrogen) atoms. The molecule has 0 saturated heterocycles. The number of rotatable bonds is 4. The number of hydrogen-bond donors (Lipinski definition) is 0. The lowest BCUT2D eigenvalue weighted by Gasteiger charge is -1.85. The van der Waals surface area contributed by atoms with Crippen LogP contribution in [0, 0.1) is 0 Å². The van der Waals surface area contributed by atoms with Gasteiger partial charge in [-0.05, 0) is 12.0 Å². The van der Waals surface area contributed by atoms with Crippen molar-refractivity contribution in [2.45, 2.75) is 19.8 Å². The lowest BCUT2D eigenvalue weighted by molar-refractivity contribution is -0.104. The van der Waals surface area contributed by atoms with Crippen LogP contribution in [0.1, 0.15) is 19.8 Å². The Labute approximate surface area is 59.2 Å². The quantitative estimate of drug-likeness (QED) is 0.193. The zero-order valence-corrected chi connectivity index (χ0v) is 5.82. The van der Waals surface area contributed by atoms with E-state index in [0.717, 1.165) is 12.8 Å². The minimum Gasteiger partial charge on any atom is -0.298 e. The summed E-state index contributed by atoms with van der Waals surface area (Å²) in [5.74, 6) is 0. The first-order valence-corrected chi connectivity index (χ1v) is 3.05. The molecule has 0 bridgehead atoms. The zero-order chi connectivity index (χ0) is 7.82. The number of carbonyl (C=O) groups is 1. The summed E-state index contributed by atoms with van der Waals surface area (Å²) in [6.45, 7) is 1.98. The number of nitrogens with zero attached hydrogens (tertiary/aromatic N) is 3. The molecule has 54 valence electrons. The standard InChI is InChI=1S/C6H9N3O/c1-2-3-4-6(5-10)8-9-7/h4-5H,2-3H2,1H3/b6-4-. The van der Waals surface area contributed by atoms with Crippen LogP contribution in [0.5, 0.6) is 0 Å². The highest BCUT2D eigenvalue weighted by Gasteiger charge is 1.86. The highest BCUT2D eigenvalue weighted by atomic mass is 16.1. The van der Waals surface area contributed by atoms with Crippen molar-refractivity contribution in [2.24, 2.45) is 5.11 Å². The molecule has 4 nitrogen and oxygen atoms in total. The Balaban J connectivity index is 4.03. The molecule has 0 N–H and O–H groups in total. The van der Waals surface area contributed by atoms with E-state index in [0.29, 0.717) is 6.29 Å². The van der Waals surface area contributed by atoms with Gasteiger partial charge in [-0.1, -0.05) is 24.5 Å². The van der Waals surface area contributed by atoms with Crippen LogP contribution in [0.4, 0.5) is 0 Å². The molecule has 0 aromatic carbocycles. The lowest BCUT2D eigenvalue weighted by atomic mass is 10.3. The van der Waals surface area contributed by atoms with E-state index in [4.69, 9.17) is 5.53 Å². The van der Waals surface area contributed by atoms with Gasteiger partial charge in [-0.2, -0.15) is 0 Å². The number of hydrogen-bond acceptors (Lipinski definition) is 2. The van der Waals surface area contributed by atoms with E-state index in [1.165, 1.54) is 0 Å². The molecule has 0 aliphatic heterocycles. The highest BCUT2D eigenvalue weighted by molar-refractivity contribution is 5.72. The van der Waals surface area contributed by atoms with E-state index in [9.17, 15) is 4.79 Å². The number of aldehydes is 1. The van der Waals surface area contributed by atoms with Crippen LogP contribution in [-0.4, -0.2) is 6.29 Å². The van der Waals surface area contributed by atoms with E-state index in [1.54, 1.807) is 6.08 Å². The summed E-state index contributed by atoms with van der Waals surface area (Å²) in [6.07, 6.45) is 3.88. The average molecular weight is 139 g/mol. The minimum absolute atomic E-state index is 0.171. The van der Waals surface area contributed by atoms with Gasteiger partial charge in [0.05, 0.1) is 5.70 Å². The maximum absolute atomic E-state index is 10.1. The minimum atomic E-state index is 0.171. The van der Waals surface area contributed by atoms with Gasteiger partial charge < -0.3 is 0 Å². The Morgan fingerprint density at radius 3 is 2.90 bits per heavy atom. The fourth-order valence-corrected chi connectivity index (χ4v) is 0.456. The summed E-state index contributed by atoms with van der Waals surface area (Å²) in [6, 6.07) is 0. The first-order valence-electron chi connectivity index (χ1n) is 3.05. The molecule has 0 spiro atoms. The normalized spacial score (nSPS) is 10.3. The Bertz CT molecular complexity index is 179. The van der Waals surface area contributed by atoms with Gasteiger partial charge in [-0.15, -0.1) is 0 Å². The van der Waals surface area contributed by atoms with E-state index < -0.39 is 0 Å². The second kappa shape index (κ2) is 5.85. The second-order valence-corrected chi connectivity index (χ2v) is 1.72. The summed E-state index contributed by atoms with van der Waals surface area (Å²) < 4.78 is 0. The van der Waals surface area contributed by atoms with Crippen molar-refractivity contribution in [3.05, 3.63) is 22.2 Å². The van der Waals surface area contributed by atoms with Crippen LogP contribution < -0.4 is 0 Å². The molecule has 0 saturated carbocycles. The molecule has 4 heteroatoms. The van der Waals surface area contributed by atoms with Gasteiger partial charge in [0.25, 0.3) is 0 Å². The molecular formula is C6H9N3O. The zero-order valence-electron chi connectivity index (χ0n) is 5.82. The summed E-state index contributed by atoms with van der Waals surface area (Å²) in [4.78, 5) is 12.6. The van der Waals surface area contributed by atoms with Gasteiger partial charge in [0.2, 0.25) is 0 Å². The van der Waals surface area contributed by atoms with Gasteiger partial charge in [-0.3, -0.25) is 4.79 Å². The Kier molecular flexibility index (Phi) is 5.10. The summed E-state index contributed by atoms with van der Waals surface area (Å²) in [7, 11) is 0. The maximum Gasteiger partial charge on any atom is 0.152 e. The summed E-state index contributed by atoms with van der Waals surface area (Å²) in [5.41, 5.74) is 8.10. The third-order valence-corrected chi connectivity index (χ3v) is 0.923. The first kappa shape index (κ1) is 8.72. The third-order valence-electron chi connectivity index (χ3n) is 0.923. The van der Waals surface area contributed by atoms with Crippen molar-refractivity contribution < 1.29 is 4.79 Å². The summed E-state index contributed by atoms with van der Waals surface area (Å²) >= 11 is 0. The van der Waals surface area contributed by atoms with Crippen LogP contribution in [0.2, 0.25) is 0 Å². The molecule has 0 rings (SSSR count). The third kappa shape index (κ3) is 3.69. The number of allylic oxidation sites excluding steroid dienone is 2. The molecule has 0 aliphatic rings. The Hall–Kier alpha value is -1.28. The Morgan fingerprint density at radius 1 is 1.80 bits per heavy atom. The molecule has 0 aromatic rings. The van der Waals surface area contributed by atoms with Gasteiger partial charge in [-0.25, -0.2) is 0 Å². The van der Waals surface area contributed by atoms with Crippen molar-refractivity contribution in [3.8, 4) is 0 Å². The molecule has 0 amide bonds. The van der Waals surface area contributed by atoms with Crippen molar-refractivity contribution in [2.75, 3.05) is 0 Å². The first-order chi connectivity index (χ1) is 4.85. The molecule has 0 atom stereocenters. The molecule has 0 heterocycles. The van der Waals surface area contributed by atoms with Gasteiger partial charge in [0.1, 0.15) is 0 Å². The highest BCUT2D eigenvalue weighted by Crippen LogP contribution is 1.97. The van der Waals surface area contributed by atoms with Crippen LogP contribution in [-0.2, 0) is 4.79 Å². The molecule has 0 radical (unpaired) electrons. The van der Waals surface area contributed by atoms with Crippen molar-refractivity contribution in [1.82, 2.24) is 0 Å². The largest absolute Gasteiger partial charge is 0.298 e. The predicted octanol–water partition coefficient (Wildman–Crippen LogP) is 2.18. The average Bonchev–Trinajstić information content (AvgIpc) is 1.98. The molecular weight excluding hydrogens is 130 g/mol. The second-order valence-electron chi connectivity index (χ2n) is 1.72. The van der Waals surface area contributed by atoms with Gasteiger partial charge in [0.15, 0.2) is 6.29 Å². The smallest absolute Gasteiger partial charge is 0.152 e. The number of carbonyl (C=O) groups excluding carboxylic acids is 1. The van der Waals surface area contributed by atoms with E-state index in [-0.39, 0.29) is 5.70 Å². The predicted molar refractivity (Wildman–Crippen MR) is 38.2 cm³/mol. The topological polar surface area (TPSA) is 65.8 Å².